The maximum absolute atomic E-state index is 11.2. The summed E-state index contributed by atoms with van der Waals surface area (Å²) in [5.74, 6) is 0. The van der Waals surface area contributed by atoms with Crippen LogP contribution in [0.5, 0.6) is 0 Å². The Bertz CT molecular complexity index is 279. The largest absolute Gasteiger partial charge is 0.396 e. The highest BCUT2D eigenvalue weighted by Crippen LogP contribution is 2.19. The lowest BCUT2D eigenvalue weighted by Gasteiger charge is -2.14. The zero-order valence-electron chi connectivity index (χ0n) is 7.59. The average Bonchev–Trinajstić information content (AvgIpc) is 2.19. The minimum atomic E-state index is -0.670. The summed E-state index contributed by atoms with van der Waals surface area (Å²) in [6.45, 7) is -0.707. The Morgan fingerprint density at radius 3 is 2.64 bits per heavy atom. The van der Waals surface area contributed by atoms with Crippen LogP contribution in [0.4, 0.5) is 5.69 Å². The van der Waals surface area contributed by atoms with Gasteiger partial charge in [-0.05, 0) is 18.1 Å². The van der Waals surface area contributed by atoms with Crippen molar-refractivity contribution in [2.24, 2.45) is 0 Å². The van der Waals surface area contributed by atoms with Gasteiger partial charge >= 0.3 is 0 Å². The molecule has 0 atom stereocenters. The summed E-state index contributed by atoms with van der Waals surface area (Å²) in [5, 5.41) is 28.6. The van der Waals surface area contributed by atoms with Crippen molar-refractivity contribution in [1.82, 2.24) is 0 Å². The van der Waals surface area contributed by atoms with Crippen LogP contribution in [0.15, 0.2) is 24.3 Å². The monoisotopic (exact) mass is 198 g/mol. The van der Waals surface area contributed by atoms with E-state index in [2.05, 4.69) is 4.84 Å². The van der Waals surface area contributed by atoms with E-state index in [4.69, 9.17) is 10.2 Å². The highest BCUT2D eigenvalue weighted by atomic mass is 16.9. The maximum Gasteiger partial charge on any atom is 0.173 e. The SMILES string of the molecule is [O]N(OCO)c1ccccc1CCO. The van der Waals surface area contributed by atoms with Crippen molar-refractivity contribution in [2.75, 3.05) is 18.6 Å². The van der Waals surface area contributed by atoms with Gasteiger partial charge in [0.25, 0.3) is 0 Å². The summed E-state index contributed by atoms with van der Waals surface area (Å²) < 4.78 is 0. The number of hydrogen-bond donors (Lipinski definition) is 2. The van der Waals surface area contributed by atoms with Gasteiger partial charge in [0.1, 0.15) is 5.69 Å². The molecule has 0 aliphatic heterocycles. The molecule has 0 fully saturated rings. The van der Waals surface area contributed by atoms with E-state index < -0.39 is 6.79 Å². The van der Waals surface area contributed by atoms with Gasteiger partial charge in [0.2, 0.25) is 0 Å². The number of rotatable bonds is 5. The molecule has 14 heavy (non-hydrogen) atoms. The summed E-state index contributed by atoms with van der Waals surface area (Å²) in [7, 11) is 0. The highest BCUT2D eigenvalue weighted by Gasteiger charge is 2.09. The van der Waals surface area contributed by atoms with Crippen molar-refractivity contribution >= 4 is 5.69 Å². The topological polar surface area (TPSA) is 72.8 Å². The second-order valence-corrected chi connectivity index (χ2v) is 2.62. The Balaban J connectivity index is 2.82. The fourth-order valence-corrected chi connectivity index (χ4v) is 1.14. The molecule has 1 radical (unpaired) electrons. The molecule has 77 valence electrons. The standard InChI is InChI=1S/C9H12NO4/c11-6-5-8-3-1-2-4-9(8)10(13)14-7-12/h1-4,11-12H,5-7H2. The van der Waals surface area contributed by atoms with Crippen LogP contribution in [0.2, 0.25) is 0 Å². The lowest BCUT2D eigenvalue weighted by atomic mass is 10.1. The second kappa shape index (κ2) is 5.56. The molecule has 0 heterocycles. The van der Waals surface area contributed by atoms with Crippen molar-refractivity contribution in [3.05, 3.63) is 29.8 Å². The number of aliphatic hydroxyl groups excluding tert-OH is 2. The summed E-state index contributed by atoms with van der Waals surface area (Å²) in [6, 6.07) is 6.73. The third-order valence-corrected chi connectivity index (χ3v) is 1.74. The van der Waals surface area contributed by atoms with Gasteiger partial charge in [-0.2, -0.15) is 0 Å². The molecule has 1 aromatic carbocycles. The molecule has 5 heteroatoms. The molecule has 0 amide bonds. The number of hydrogen-bond acceptors (Lipinski definition) is 4. The second-order valence-electron chi connectivity index (χ2n) is 2.62. The summed E-state index contributed by atoms with van der Waals surface area (Å²) in [5.41, 5.74) is 0.981. The van der Waals surface area contributed by atoms with Gasteiger partial charge < -0.3 is 10.2 Å². The molecule has 0 aromatic heterocycles. The van der Waals surface area contributed by atoms with Gasteiger partial charge in [-0.3, -0.25) is 0 Å². The average molecular weight is 198 g/mol. The molecule has 0 unspecified atom stereocenters. The van der Waals surface area contributed by atoms with Crippen molar-refractivity contribution in [3.63, 3.8) is 0 Å². The van der Waals surface area contributed by atoms with Gasteiger partial charge in [0, 0.05) is 6.61 Å². The van der Waals surface area contributed by atoms with E-state index >= 15 is 0 Å². The minimum Gasteiger partial charge on any atom is -0.396 e. The minimum absolute atomic E-state index is 0.0377. The normalized spacial score (nSPS) is 10.2. The Morgan fingerprint density at radius 2 is 2.00 bits per heavy atom. The van der Waals surface area contributed by atoms with Gasteiger partial charge in [0.05, 0.1) is 0 Å². The zero-order valence-corrected chi connectivity index (χ0v) is 7.59. The molecular formula is C9H12NO4. The predicted octanol–water partition coefficient (Wildman–Crippen LogP) is 0.255. The van der Waals surface area contributed by atoms with Crippen molar-refractivity contribution in [2.45, 2.75) is 6.42 Å². The van der Waals surface area contributed by atoms with Gasteiger partial charge in [-0.1, -0.05) is 28.6 Å². The molecule has 0 aliphatic rings. The van der Waals surface area contributed by atoms with Crippen LogP contribution in [-0.4, -0.2) is 23.6 Å². The van der Waals surface area contributed by atoms with E-state index in [-0.39, 0.29) is 11.8 Å². The Morgan fingerprint density at radius 1 is 1.29 bits per heavy atom. The van der Waals surface area contributed by atoms with Crippen LogP contribution >= 0.6 is 0 Å². The predicted molar refractivity (Wildman–Crippen MR) is 48.6 cm³/mol. The fraction of sp³-hybridized carbons (Fsp3) is 0.333. The number of benzene rings is 1. The Labute approximate surface area is 81.7 Å². The molecule has 1 rings (SSSR count). The summed E-state index contributed by atoms with van der Waals surface area (Å²) in [6.07, 6.45) is 0.379. The van der Waals surface area contributed by atoms with Crippen LogP contribution in [-0.2, 0) is 16.5 Å². The Kier molecular flexibility index (Phi) is 4.34. The number of aliphatic hydroxyl groups is 2. The van der Waals surface area contributed by atoms with Crippen LogP contribution in [0.25, 0.3) is 0 Å². The van der Waals surface area contributed by atoms with Crippen LogP contribution in [0.3, 0.4) is 0 Å². The van der Waals surface area contributed by atoms with E-state index in [1.165, 1.54) is 0 Å². The van der Waals surface area contributed by atoms with Crippen LogP contribution < -0.4 is 5.23 Å². The van der Waals surface area contributed by atoms with Crippen molar-refractivity contribution in [1.29, 1.82) is 0 Å². The first-order valence-corrected chi connectivity index (χ1v) is 4.19. The molecule has 5 nitrogen and oxygen atoms in total. The van der Waals surface area contributed by atoms with Gasteiger partial charge in [-0.25, -0.2) is 4.84 Å². The first-order valence-electron chi connectivity index (χ1n) is 4.19. The van der Waals surface area contributed by atoms with E-state index in [1.807, 2.05) is 0 Å². The molecule has 2 N–H and O–H groups in total. The number of anilines is 1. The summed E-state index contributed by atoms with van der Waals surface area (Å²) >= 11 is 0. The number of para-hydroxylation sites is 1. The third-order valence-electron chi connectivity index (χ3n) is 1.74. The molecule has 0 spiro atoms. The van der Waals surface area contributed by atoms with Crippen LogP contribution in [0, 0.1) is 0 Å². The fourth-order valence-electron chi connectivity index (χ4n) is 1.14. The maximum atomic E-state index is 11.2. The molecule has 1 aromatic rings. The van der Waals surface area contributed by atoms with Crippen LogP contribution in [0.1, 0.15) is 5.56 Å². The molecule has 0 bridgehead atoms. The van der Waals surface area contributed by atoms with Crippen molar-refractivity contribution in [3.8, 4) is 0 Å². The number of nitrogens with zero attached hydrogens (tertiary/aromatic N) is 1. The Hall–Kier alpha value is -1.14. The smallest absolute Gasteiger partial charge is 0.173 e. The van der Waals surface area contributed by atoms with Gasteiger partial charge in [0.15, 0.2) is 6.79 Å². The van der Waals surface area contributed by atoms with E-state index in [9.17, 15) is 5.21 Å². The lowest BCUT2D eigenvalue weighted by Crippen LogP contribution is -2.19. The van der Waals surface area contributed by atoms with Crippen molar-refractivity contribution < 1.29 is 20.3 Å². The van der Waals surface area contributed by atoms with Gasteiger partial charge in [-0.15, -0.1) is 0 Å². The molecule has 0 saturated heterocycles. The summed E-state index contributed by atoms with van der Waals surface area (Å²) in [4.78, 5) is 4.37. The van der Waals surface area contributed by atoms with E-state index in [0.29, 0.717) is 17.7 Å². The quantitative estimate of drug-likeness (QED) is 0.525. The molecular weight excluding hydrogens is 186 g/mol. The first-order chi connectivity index (χ1) is 6.79. The zero-order chi connectivity index (χ0) is 10.4. The first kappa shape index (κ1) is 10.9. The highest BCUT2D eigenvalue weighted by molar-refractivity contribution is 5.49. The molecule has 0 aliphatic carbocycles. The van der Waals surface area contributed by atoms with E-state index in [0.717, 1.165) is 0 Å². The van der Waals surface area contributed by atoms with E-state index in [1.54, 1.807) is 24.3 Å². The molecule has 0 saturated carbocycles. The third kappa shape index (κ3) is 2.68. The lowest BCUT2D eigenvalue weighted by molar-refractivity contribution is -0.134.